The maximum atomic E-state index is 12.7. The summed E-state index contributed by atoms with van der Waals surface area (Å²) in [6.07, 6.45) is 12.8. The van der Waals surface area contributed by atoms with Gasteiger partial charge in [-0.3, -0.25) is 4.79 Å². The lowest BCUT2D eigenvalue weighted by atomic mass is 9.45. The van der Waals surface area contributed by atoms with Gasteiger partial charge in [0.15, 0.2) is 0 Å². The van der Waals surface area contributed by atoms with Crippen LogP contribution >= 0.6 is 0 Å². The van der Waals surface area contributed by atoms with Crippen LogP contribution < -0.4 is 0 Å². The number of ether oxygens (including phenoxy) is 2. The summed E-state index contributed by atoms with van der Waals surface area (Å²) in [4.78, 5) is 12.7. The topological polar surface area (TPSA) is 35.5 Å². The average molecular weight is 479 g/mol. The molecule has 0 bridgehead atoms. The molecule has 0 spiro atoms. The monoisotopic (exact) mass is 478 g/mol. The summed E-state index contributed by atoms with van der Waals surface area (Å²) in [5.74, 6) is 3.04. The number of carbonyl (C=O) groups excluding carboxylic acids is 1. The van der Waals surface area contributed by atoms with Gasteiger partial charge < -0.3 is 9.47 Å². The van der Waals surface area contributed by atoms with Crippen LogP contribution in [0.4, 0.5) is 0 Å². The zero-order chi connectivity index (χ0) is 24.8. The van der Waals surface area contributed by atoms with Crippen molar-refractivity contribution < 1.29 is 14.3 Å². The van der Waals surface area contributed by atoms with E-state index in [4.69, 9.17) is 9.47 Å². The number of hydrogen-bond acceptors (Lipinski definition) is 3. The molecule has 3 nitrogen and oxygen atoms in total. The summed E-state index contributed by atoms with van der Waals surface area (Å²) in [7, 11) is 0. The smallest absolute Gasteiger partial charge is 0.315 e. The van der Waals surface area contributed by atoms with E-state index in [1.165, 1.54) is 49.7 Å². The molecule has 0 radical (unpaired) electrons. The summed E-state index contributed by atoms with van der Waals surface area (Å²) in [5, 5.41) is 0. The van der Waals surface area contributed by atoms with E-state index in [0.717, 1.165) is 37.2 Å². The first-order valence-corrected chi connectivity index (χ1v) is 14.2. The van der Waals surface area contributed by atoms with E-state index in [1.54, 1.807) is 0 Å². The number of fused-ring (bicyclic) bond motifs is 5. The second-order valence-corrected chi connectivity index (χ2v) is 13.0. The lowest BCUT2D eigenvalue weighted by Crippen LogP contribution is -2.53. The molecule has 0 heterocycles. The number of esters is 1. The normalized spacial score (nSPS) is 38.7. The van der Waals surface area contributed by atoms with Crippen LogP contribution in [0.15, 0.2) is 42.0 Å². The van der Waals surface area contributed by atoms with E-state index in [9.17, 15) is 4.79 Å². The molecule has 1 aromatic carbocycles. The van der Waals surface area contributed by atoms with Gasteiger partial charge in [0.1, 0.15) is 0 Å². The van der Waals surface area contributed by atoms with Crippen LogP contribution in [-0.4, -0.2) is 18.7 Å². The Kier molecular flexibility index (Phi) is 6.70. The quantitative estimate of drug-likeness (QED) is 0.310. The highest BCUT2D eigenvalue weighted by Gasteiger charge is 2.60. The van der Waals surface area contributed by atoms with Gasteiger partial charge >= 0.3 is 5.97 Å². The highest BCUT2D eigenvalue weighted by atomic mass is 16.5. The molecule has 1 aromatic rings. The van der Waals surface area contributed by atoms with Crippen molar-refractivity contribution >= 4 is 5.97 Å². The summed E-state index contributed by atoms with van der Waals surface area (Å²) in [5.41, 5.74) is 2.78. The maximum absolute atomic E-state index is 12.7. The fraction of sp³-hybridized carbons (Fsp3) is 0.719. The molecular weight excluding hydrogens is 432 g/mol. The molecule has 0 aliphatic heterocycles. The minimum atomic E-state index is -0.506. The zero-order valence-electron chi connectivity index (χ0n) is 22.6. The molecule has 0 amide bonds. The van der Waals surface area contributed by atoms with Crippen LogP contribution in [0.5, 0.6) is 0 Å². The summed E-state index contributed by atoms with van der Waals surface area (Å²) in [6, 6.07) is 10.7. The molecule has 4 aliphatic rings. The molecule has 3 saturated carbocycles. The van der Waals surface area contributed by atoms with Crippen LogP contribution in [-0.2, 0) is 20.9 Å². The van der Waals surface area contributed by atoms with Crippen molar-refractivity contribution in [3.05, 3.63) is 47.5 Å². The van der Waals surface area contributed by atoms with Gasteiger partial charge in [-0.05, 0) is 112 Å². The number of carbonyl (C=O) groups is 1. The van der Waals surface area contributed by atoms with Gasteiger partial charge in [0.25, 0.3) is 0 Å². The number of allylic oxidation sites excluding steroid dienone is 1. The molecule has 0 saturated heterocycles. The van der Waals surface area contributed by atoms with Gasteiger partial charge in [-0.15, -0.1) is 0 Å². The molecule has 7 atom stereocenters. The highest BCUT2D eigenvalue weighted by molar-refractivity contribution is 5.79. The van der Waals surface area contributed by atoms with Crippen molar-refractivity contribution in [1.82, 2.24) is 0 Å². The van der Waals surface area contributed by atoms with Crippen molar-refractivity contribution in [2.75, 3.05) is 6.61 Å². The van der Waals surface area contributed by atoms with Crippen LogP contribution in [0.25, 0.3) is 0 Å². The molecular formula is C32H46O3. The van der Waals surface area contributed by atoms with Gasteiger partial charge in [-0.1, -0.05) is 55.8 Å². The second kappa shape index (κ2) is 9.36. The van der Waals surface area contributed by atoms with Crippen molar-refractivity contribution in [2.24, 2.45) is 39.9 Å². The fourth-order valence-electron chi connectivity index (χ4n) is 8.83. The molecule has 5 rings (SSSR count). The largest absolute Gasteiger partial charge is 0.465 e. The van der Waals surface area contributed by atoms with Gasteiger partial charge in [0.05, 0.1) is 24.7 Å². The second-order valence-electron chi connectivity index (χ2n) is 13.0. The van der Waals surface area contributed by atoms with Crippen LogP contribution in [0.1, 0.15) is 91.5 Å². The summed E-state index contributed by atoms with van der Waals surface area (Å²) in [6.45, 7) is 12.4. The van der Waals surface area contributed by atoms with Crippen LogP contribution in [0, 0.1) is 39.9 Å². The van der Waals surface area contributed by atoms with Crippen molar-refractivity contribution in [3.8, 4) is 0 Å². The number of rotatable bonds is 6. The third kappa shape index (κ3) is 4.20. The maximum Gasteiger partial charge on any atom is 0.315 e. The molecule has 192 valence electrons. The van der Waals surface area contributed by atoms with Gasteiger partial charge in [-0.25, -0.2) is 0 Å². The minimum Gasteiger partial charge on any atom is -0.465 e. The first-order valence-electron chi connectivity index (χ1n) is 14.2. The minimum absolute atomic E-state index is 0.0653. The Bertz CT molecular complexity index is 949. The Hall–Kier alpha value is -1.61. The van der Waals surface area contributed by atoms with Gasteiger partial charge in [-0.2, -0.15) is 0 Å². The van der Waals surface area contributed by atoms with Gasteiger partial charge in [0.2, 0.25) is 0 Å². The number of hydrogen-bond donors (Lipinski definition) is 0. The lowest BCUT2D eigenvalue weighted by molar-refractivity contribution is -0.152. The highest BCUT2D eigenvalue weighted by Crippen LogP contribution is 2.67. The van der Waals surface area contributed by atoms with Crippen molar-refractivity contribution in [1.29, 1.82) is 0 Å². The predicted molar refractivity (Wildman–Crippen MR) is 141 cm³/mol. The van der Waals surface area contributed by atoms with Crippen molar-refractivity contribution in [3.63, 3.8) is 0 Å². The van der Waals surface area contributed by atoms with E-state index < -0.39 is 5.41 Å². The molecule has 0 unspecified atom stereocenters. The first kappa shape index (κ1) is 25.1. The fourth-order valence-corrected chi connectivity index (χ4v) is 8.83. The average Bonchev–Trinajstić information content (AvgIpc) is 3.19. The standard InChI is InChI=1S/C32H46O3/c1-6-34-29(33)30(2,3)23-16-18-31(4)24(20-23)12-13-25-26-14-15-28(32(26,5)19-17-27(25)31)35-21-22-10-8-7-9-11-22/h7-11,16,24-28H,6,12-15,17-21H2,1-5H3/t24-,25+,26+,27-,28-,31+,32+/m0/s1. The molecule has 3 fully saturated rings. The Labute approximate surface area is 213 Å². The summed E-state index contributed by atoms with van der Waals surface area (Å²) < 4.78 is 12.0. The Morgan fingerprint density at radius 3 is 2.49 bits per heavy atom. The molecule has 3 heteroatoms. The van der Waals surface area contributed by atoms with E-state index in [2.05, 4.69) is 64.1 Å². The van der Waals surface area contributed by atoms with E-state index >= 15 is 0 Å². The third-order valence-electron chi connectivity index (χ3n) is 11.1. The van der Waals surface area contributed by atoms with Crippen LogP contribution in [0.3, 0.4) is 0 Å². The first-order chi connectivity index (χ1) is 16.7. The van der Waals surface area contributed by atoms with Crippen LogP contribution in [0.2, 0.25) is 0 Å². The Morgan fingerprint density at radius 1 is 1.00 bits per heavy atom. The third-order valence-corrected chi connectivity index (χ3v) is 11.1. The van der Waals surface area contributed by atoms with E-state index in [-0.39, 0.29) is 5.97 Å². The molecule has 4 aliphatic carbocycles. The van der Waals surface area contributed by atoms with E-state index in [0.29, 0.717) is 29.5 Å². The molecule has 35 heavy (non-hydrogen) atoms. The van der Waals surface area contributed by atoms with Crippen molar-refractivity contribution in [2.45, 2.75) is 98.7 Å². The Balaban J connectivity index is 1.30. The Morgan fingerprint density at radius 2 is 1.74 bits per heavy atom. The number of benzene rings is 1. The van der Waals surface area contributed by atoms with E-state index in [1.807, 2.05) is 6.92 Å². The lowest BCUT2D eigenvalue weighted by Gasteiger charge is -2.60. The predicted octanol–water partition coefficient (Wildman–Crippen LogP) is 7.74. The summed E-state index contributed by atoms with van der Waals surface area (Å²) >= 11 is 0. The molecule has 0 N–H and O–H groups in total. The van der Waals surface area contributed by atoms with Gasteiger partial charge in [0, 0.05) is 0 Å². The molecule has 0 aromatic heterocycles. The SMILES string of the molecule is CCOC(=O)C(C)(C)C1=CC[C@]2(C)[C@@H](CC[C@@H]3[C@H]4CC[C@H](OCc5ccccc5)[C@]4(C)CC[C@@H]32)C1. The zero-order valence-corrected chi connectivity index (χ0v) is 22.6.